The van der Waals surface area contributed by atoms with Crippen LogP contribution in [-0.2, 0) is 20.1 Å². The third kappa shape index (κ3) is 9.81. The van der Waals surface area contributed by atoms with E-state index in [0.29, 0.717) is 17.5 Å². The van der Waals surface area contributed by atoms with Gasteiger partial charge in [0, 0.05) is 54.4 Å². The molecule has 0 aliphatic rings. The molecule has 1 unspecified atom stereocenters. The first-order valence-electron chi connectivity index (χ1n) is 24.1. The first-order valence-corrected chi connectivity index (χ1v) is 31.4. The number of hydrogen-bond donors (Lipinski definition) is 0. The summed E-state index contributed by atoms with van der Waals surface area (Å²) in [4.78, 5) is 24.1. The van der Waals surface area contributed by atoms with Crippen molar-refractivity contribution in [1.82, 2.24) is 29.5 Å². The molecule has 1 atom stereocenters. The molecule has 355 valence electrons. The largest absolute Gasteiger partial charge is 0.486 e. The van der Waals surface area contributed by atoms with Gasteiger partial charge < -0.3 is 8.98 Å². The summed E-state index contributed by atoms with van der Waals surface area (Å²) in [6, 6.07) is 57.3. The summed E-state index contributed by atoms with van der Waals surface area (Å²) in [5, 5.41) is 1.98. The first kappa shape index (κ1) is 49.2. The van der Waals surface area contributed by atoms with Gasteiger partial charge in [-0.2, -0.15) is 0 Å². The van der Waals surface area contributed by atoms with Gasteiger partial charge in [0.1, 0.15) is 0 Å². The summed E-state index contributed by atoms with van der Waals surface area (Å²) in [6.07, 6.45) is 5.84. The van der Waals surface area contributed by atoms with Crippen molar-refractivity contribution < 1.29 is 24.5 Å². The van der Waals surface area contributed by atoms with Gasteiger partial charge in [-0.1, -0.05) is 111 Å². The molecule has 0 saturated heterocycles. The van der Waals surface area contributed by atoms with Gasteiger partial charge in [-0.15, -0.1) is 18.2 Å². The van der Waals surface area contributed by atoms with Crippen LogP contribution in [-0.4, -0.2) is 42.8 Å². The number of aromatic nitrogens is 6. The van der Waals surface area contributed by atoms with Crippen LogP contribution in [0.25, 0.3) is 94.8 Å². The number of hydrogen-bond acceptors (Lipinski definition) is 6. The average Bonchev–Trinajstić information content (AvgIpc) is 3.95. The molecule has 0 aliphatic heterocycles. The topological polar surface area (TPSA) is 82.5 Å². The SMILES string of the molecule is Cc1cc(-c2cc(-c3[c-]cccc3)nc[c]2[Ge]([CH3])([CH3])[CH3])cc(C)n1.Cc1cncc2nc(-c3[c-]ccc4c3oc3nc(C(C)C(C)C)ccc34)n(-c3c(-c4ccccc4)cccc3-c3ccccc3)c12.[Ir]. The normalized spacial score (nSPS) is 12.0. The minimum absolute atomic E-state index is 0. The molecule has 0 saturated carbocycles. The van der Waals surface area contributed by atoms with E-state index in [2.05, 4.69) is 213 Å². The second-order valence-electron chi connectivity index (χ2n) is 19.6. The Labute approximate surface area is 433 Å². The summed E-state index contributed by atoms with van der Waals surface area (Å²) < 4.78 is 10.4. The Balaban J connectivity index is 0.000000211. The van der Waals surface area contributed by atoms with E-state index in [-0.39, 0.29) is 20.1 Å². The molecule has 7 nitrogen and oxygen atoms in total. The molecule has 0 spiro atoms. The molecule has 71 heavy (non-hydrogen) atoms. The van der Waals surface area contributed by atoms with E-state index >= 15 is 0 Å². The van der Waals surface area contributed by atoms with Crippen LogP contribution in [0, 0.1) is 38.8 Å². The van der Waals surface area contributed by atoms with Gasteiger partial charge in [0.25, 0.3) is 0 Å². The predicted octanol–water partition coefficient (Wildman–Crippen LogP) is 15.4. The van der Waals surface area contributed by atoms with Crippen molar-refractivity contribution in [3.63, 3.8) is 0 Å². The van der Waals surface area contributed by atoms with Crippen LogP contribution in [0.1, 0.15) is 49.3 Å². The van der Waals surface area contributed by atoms with E-state index in [4.69, 9.17) is 19.4 Å². The first-order chi connectivity index (χ1) is 33.8. The van der Waals surface area contributed by atoms with Crippen LogP contribution >= 0.6 is 0 Å². The molecular formula is C62H56GeIrN6O-2. The van der Waals surface area contributed by atoms with Crippen molar-refractivity contribution >= 4 is 50.8 Å². The van der Waals surface area contributed by atoms with Crippen molar-refractivity contribution in [3.05, 3.63) is 199 Å². The van der Waals surface area contributed by atoms with Crippen LogP contribution in [0.15, 0.2) is 169 Å². The molecule has 0 fully saturated rings. The molecular weight excluding hydrogens is 1110 g/mol. The number of nitrogens with zero attached hydrogens (tertiary/aromatic N) is 6. The standard InChI is InChI=1S/C41H33N4O.C21H23GeN2.Ir/c1-25(2)27(4)35-22-21-33-32-19-12-20-34(39(32)46-41(33)44-35)40-43-36-24-42-23-26(3)37(36)45(40)38-30(28-13-7-5-8-14-28)17-11-18-31(38)29-15-9-6-10-16-29;1-15-11-18(12-16(2)24-15)19-13-21(17-9-7-6-8-10-17)23-14-20(19)22(3,4)5;/h5-19,21-25,27H,1-4H3;6-9,11-14H,1-5H3;/q2*-1;. The predicted molar refractivity (Wildman–Crippen MR) is 291 cm³/mol. The van der Waals surface area contributed by atoms with Crippen molar-refractivity contribution in [3.8, 4) is 61.7 Å². The summed E-state index contributed by atoms with van der Waals surface area (Å²) in [6.45, 7) is 12.9. The van der Waals surface area contributed by atoms with Crippen LogP contribution in [0.2, 0.25) is 17.3 Å². The fourth-order valence-electron chi connectivity index (χ4n) is 9.44. The molecule has 9 heteroatoms. The minimum atomic E-state index is -2.05. The second kappa shape index (κ2) is 20.5. The molecule has 0 bridgehead atoms. The van der Waals surface area contributed by atoms with Crippen molar-refractivity contribution in [2.24, 2.45) is 5.92 Å². The zero-order chi connectivity index (χ0) is 48.7. The van der Waals surface area contributed by atoms with E-state index in [1.165, 1.54) is 15.5 Å². The number of rotatable bonds is 9. The van der Waals surface area contributed by atoms with Crippen molar-refractivity contribution in [1.29, 1.82) is 0 Å². The van der Waals surface area contributed by atoms with Gasteiger partial charge in [0.2, 0.25) is 5.71 Å². The van der Waals surface area contributed by atoms with E-state index < -0.39 is 13.3 Å². The third-order valence-electron chi connectivity index (χ3n) is 13.3. The molecule has 11 aromatic rings. The maximum atomic E-state index is 6.64. The third-order valence-corrected chi connectivity index (χ3v) is 17.5. The quantitative estimate of drug-likeness (QED) is 0.106. The maximum Gasteiger partial charge on any atom is 0.216 e. The molecule has 0 amide bonds. The molecule has 0 aliphatic carbocycles. The number of benzene rings is 5. The van der Waals surface area contributed by atoms with Gasteiger partial charge in [-0.25, -0.2) is 4.98 Å². The van der Waals surface area contributed by atoms with E-state index in [9.17, 15) is 0 Å². The molecule has 5 aromatic carbocycles. The molecule has 11 rings (SSSR count). The maximum absolute atomic E-state index is 6.64. The molecule has 1 radical (unpaired) electrons. The van der Waals surface area contributed by atoms with Gasteiger partial charge in [-0.3, -0.25) is 9.97 Å². The second-order valence-corrected chi connectivity index (χ2v) is 30.2. The average molecular weight is 1170 g/mol. The Morgan fingerprint density at radius 2 is 1.28 bits per heavy atom. The van der Waals surface area contributed by atoms with Gasteiger partial charge >= 0.3 is 147 Å². The van der Waals surface area contributed by atoms with E-state index in [1.807, 2.05) is 36.7 Å². The van der Waals surface area contributed by atoms with Gasteiger partial charge in [0.05, 0.1) is 34.3 Å². The van der Waals surface area contributed by atoms with Gasteiger partial charge in [-0.05, 0) is 41.7 Å². The monoisotopic (exact) mass is 1170 g/mol. The molecule has 0 N–H and O–H groups in total. The Bertz CT molecular complexity index is 3600. The van der Waals surface area contributed by atoms with E-state index in [1.54, 1.807) is 0 Å². The zero-order valence-corrected chi connectivity index (χ0v) is 46.2. The summed E-state index contributed by atoms with van der Waals surface area (Å²) in [5.74, 6) is 8.76. The summed E-state index contributed by atoms with van der Waals surface area (Å²) in [7, 11) is 0. The Kier molecular flexibility index (Phi) is 14.2. The fraction of sp³-hybridized carbons (Fsp3) is 0.177. The van der Waals surface area contributed by atoms with Crippen LogP contribution in [0.4, 0.5) is 0 Å². The van der Waals surface area contributed by atoms with E-state index in [0.717, 1.165) is 101 Å². The summed E-state index contributed by atoms with van der Waals surface area (Å²) >= 11 is -2.05. The van der Waals surface area contributed by atoms with Crippen LogP contribution in [0.5, 0.6) is 0 Å². The number of aryl methyl sites for hydroxylation is 3. The molecule has 6 heterocycles. The van der Waals surface area contributed by atoms with Crippen LogP contribution in [0.3, 0.4) is 0 Å². The summed E-state index contributed by atoms with van der Waals surface area (Å²) in [5.41, 5.74) is 18.2. The number of furan rings is 1. The number of imidazole rings is 1. The molecule has 6 aromatic heterocycles. The van der Waals surface area contributed by atoms with Gasteiger partial charge in [0.15, 0.2) is 0 Å². The number of pyridine rings is 4. The fourth-order valence-corrected chi connectivity index (χ4v) is 12.5. The van der Waals surface area contributed by atoms with Crippen molar-refractivity contribution in [2.75, 3.05) is 0 Å². The van der Waals surface area contributed by atoms with Crippen molar-refractivity contribution in [2.45, 2.75) is 64.7 Å². The zero-order valence-electron chi connectivity index (χ0n) is 41.7. The smallest absolute Gasteiger partial charge is 0.216 e. The minimum Gasteiger partial charge on any atom is -0.486 e. The Hall–Kier alpha value is -6.84. The number of fused-ring (bicyclic) bond motifs is 4. The van der Waals surface area contributed by atoms with Crippen LogP contribution < -0.4 is 4.40 Å². The Morgan fingerprint density at radius 1 is 0.606 bits per heavy atom. The Morgan fingerprint density at radius 3 is 1.92 bits per heavy atom. The number of para-hydroxylation sites is 1.